The van der Waals surface area contributed by atoms with E-state index in [-0.39, 0.29) is 6.04 Å². The number of likely N-dealkylation sites (N-methyl/N-ethyl adjacent to an activating group) is 1. The Bertz CT molecular complexity index is 537. The summed E-state index contributed by atoms with van der Waals surface area (Å²) >= 11 is 12.2. The molecule has 0 amide bonds. The third-order valence-electron chi connectivity index (χ3n) is 2.87. The number of hydrogen-bond donors (Lipinski definition) is 1. The molecule has 1 unspecified atom stereocenters. The van der Waals surface area contributed by atoms with Gasteiger partial charge in [0.25, 0.3) is 0 Å². The van der Waals surface area contributed by atoms with E-state index in [1.165, 1.54) is 0 Å². The van der Waals surface area contributed by atoms with Crippen LogP contribution in [0.25, 0.3) is 0 Å². The number of aryl methyl sites for hydroxylation is 1. The van der Waals surface area contributed by atoms with Gasteiger partial charge in [-0.3, -0.25) is 4.68 Å². The van der Waals surface area contributed by atoms with Crippen molar-refractivity contribution < 1.29 is 0 Å². The zero-order valence-corrected chi connectivity index (χ0v) is 11.8. The van der Waals surface area contributed by atoms with Gasteiger partial charge in [-0.05, 0) is 43.3 Å². The third kappa shape index (κ3) is 3.05. The molecular weight excluding hydrogens is 269 g/mol. The van der Waals surface area contributed by atoms with E-state index in [4.69, 9.17) is 23.2 Å². The van der Waals surface area contributed by atoms with Crippen molar-refractivity contribution in [2.75, 3.05) is 7.05 Å². The molecule has 1 aromatic heterocycles. The van der Waals surface area contributed by atoms with E-state index >= 15 is 0 Å². The smallest absolute Gasteiger partial charge is 0.0797 e. The van der Waals surface area contributed by atoms with E-state index in [1.54, 1.807) is 10.7 Å². The van der Waals surface area contributed by atoms with Crippen molar-refractivity contribution in [2.45, 2.75) is 12.5 Å². The lowest BCUT2D eigenvalue weighted by Crippen LogP contribution is -2.19. The minimum Gasteiger partial charge on any atom is -0.311 e. The summed E-state index contributed by atoms with van der Waals surface area (Å²) in [5, 5.41) is 9.09. The van der Waals surface area contributed by atoms with Crippen molar-refractivity contribution in [3.05, 3.63) is 51.8 Å². The normalized spacial score (nSPS) is 12.7. The number of aromatic nitrogens is 2. The van der Waals surface area contributed by atoms with Gasteiger partial charge in [0.05, 0.1) is 11.7 Å². The van der Waals surface area contributed by atoms with E-state index in [0.717, 1.165) is 22.7 Å². The molecule has 0 saturated heterocycles. The lowest BCUT2D eigenvalue weighted by Gasteiger charge is -2.15. The Labute approximate surface area is 117 Å². The Morgan fingerprint density at radius 2 is 2.11 bits per heavy atom. The maximum absolute atomic E-state index is 6.18. The van der Waals surface area contributed by atoms with Crippen molar-refractivity contribution >= 4 is 23.2 Å². The largest absolute Gasteiger partial charge is 0.311 e. The molecule has 0 bridgehead atoms. The lowest BCUT2D eigenvalue weighted by molar-refractivity contribution is 0.563. The van der Waals surface area contributed by atoms with Crippen molar-refractivity contribution in [1.82, 2.24) is 15.1 Å². The third-order valence-corrected chi connectivity index (χ3v) is 3.48. The van der Waals surface area contributed by atoms with Crippen LogP contribution in [-0.4, -0.2) is 16.8 Å². The highest BCUT2D eigenvalue weighted by molar-refractivity contribution is 6.33. The molecule has 1 aromatic carbocycles. The molecule has 0 aliphatic rings. The summed E-state index contributed by atoms with van der Waals surface area (Å²) < 4.78 is 1.79. The van der Waals surface area contributed by atoms with Crippen LogP contribution < -0.4 is 5.32 Å². The monoisotopic (exact) mass is 283 g/mol. The molecule has 5 heteroatoms. The van der Waals surface area contributed by atoms with Gasteiger partial charge in [0.1, 0.15) is 0 Å². The first-order valence-corrected chi connectivity index (χ1v) is 6.46. The second kappa shape index (κ2) is 5.74. The number of benzene rings is 1. The van der Waals surface area contributed by atoms with Gasteiger partial charge in [-0.15, -0.1) is 0 Å². The van der Waals surface area contributed by atoms with Crippen LogP contribution in [0.15, 0.2) is 30.5 Å². The summed E-state index contributed by atoms with van der Waals surface area (Å²) in [4.78, 5) is 0. The van der Waals surface area contributed by atoms with Crippen molar-refractivity contribution in [2.24, 2.45) is 7.05 Å². The van der Waals surface area contributed by atoms with Crippen LogP contribution in [-0.2, 0) is 13.5 Å². The maximum atomic E-state index is 6.18. The first-order chi connectivity index (χ1) is 8.60. The highest BCUT2D eigenvalue weighted by Gasteiger charge is 2.14. The van der Waals surface area contributed by atoms with Gasteiger partial charge in [-0.2, -0.15) is 5.10 Å². The molecule has 0 aliphatic carbocycles. The molecule has 2 rings (SSSR count). The van der Waals surface area contributed by atoms with Crippen LogP contribution in [0.4, 0.5) is 0 Å². The SMILES string of the molecule is CNC(Cc1cc(Cl)ccc1Cl)c1ccn(C)n1. The average Bonchev–Trinajstić information content (AvgIpc) is 2.77. The molecule has 0 aliphatic heterocycles. The highest BCUT2D eigenvalue weighted by atomic mass is 35.5. The van der Waals surface area contributed by atoms with Crippen LogP contribution in [0.5, 0.6) is 0 Å². The fraction of sp³-hybridized carbons (Fsp3) is 0.308. The molecule has 1 atom stereocenters. The van der Waals surface area contributed by atoms with Crippen molar-refractivity contribution in [3.63, 3.8) is 0 Å². The summed E-state index contributed by atoms with van der Waals surface area (Å²) in [5.41, 5.74) is 2.02. The standard InChI is InChI=1S/C13H15Cl2N3/c1-16-13(12-5-6-18(2)17-12)8-9-7-10(14)3-4-11(9)15/h3-7,13,16H,8H2,1-2H3. The van der Waals surface area contributed by atoms with Gasteiger partial charge in [0.2, 0.25) is 0 Å². The predicted molar refractivity (Wildman–Crippen MR) is 75.2 cm³/mol. The van der Waals surface area contributed by atoms with E-state index in [1.807, 2.05) is 38.5 Å². The Kier molecular flexibility index (Phi) is 4.27. The van der Waals surface area contributed by atoms with Crippen LogP contribution in [0, 0.1) is 0 Å². The van der Waals surface area contributed by atoms with Crippen LogP contribution in [0.3, 0.4) is 0 Å². The summed E-state index contributed by atoms with van der Waals surface area (Å²) in [5.74, 6) is 0. The first-order valence-electron chi connectivity index (χ1n) is 5.71. The fourth-order valence-corrected chi connectivity index (χ4v) is 2.28. The second-order valence-corrected chi connectivity index (χ2v) is 5.04. The highest BCUT2D eigenvalue weighted by Crippen LogP contribution is 2.25. The summed E-state index contributed by atoms with van der Waals surface area (Å²) in [6.45, 7) is 0. The average molecular weight is 284 g/mol. The number of rotatable bonds is 4. The summed E-state index contributed by atoms with van der Waals surface area (Å²) in [7, 11) is 3.82. The van der Waals surface area contributed by atoms with Gasteiger partial charge in [0.15, 0.2) is 0 Å². The number of hydrogen-bond acceptors (Lipinski definition) is 2. The van der Waals surface area contributed by atoms with Crippen LogP contribution in [0.2, 0.25) is 10.0 Å². The topological polar surface area (TPSA) is 29.9 Å². The maximum Gasteiger partial charge on any atom is 0.0797 e. The van der Waals surface area contributed by atoms with Crippen molar-refractivity contribution in [1.29, 1.82) is 0 Å². The zero-order valence-electron chi connectivity index (χ0n) is 10.3. The molecule has 0 fully saturated rings. The molecule has 1 N–H and O–H groups in total. The Morgan fingerprint density at radius 1 is 1.33 bits per heavy atom. The fourth-order valence-electron chi connectivity index (χ4n) is 1.89. The molecule has 0 saturated carbocycles. The van der Waals surface area contributed by atoms with E-state index in [0.29, 0.717) is 5.02 Å². The Morgan fingerprint density at radius 3 is 2.72 bits per heavy atom. The summed E-state index contributed by atoms with van der Waals surface area (Å²) in [6.07, 6.45) is 2.69. The number of halogens is 2. The van der Waals surface area contributed by atoms with Crippen molar-refractivity contribution in [3.8, 4) is 0 Å². The van der Waals surface area contributed by atoms with E-state index in [9.17, 15) is 0 Å². The lowest BCUT2D eigenvalue weighted by atomic mass is 10.0. The molecule has 1 heterocycles. The molecule has 3 nitrogen and oxygen atoms in total. The molecule has 96 valence electrons. The molecule has 0 spiro atoms. The quantitative estimate of drug-likeness (QED) is 0.934. The van der Waals surface area contributed by atoms with Gasteiger partial charge in [0, 0.05) is 23.3 Å². The zero-order chi connectivity index (χ0) is 13.1. The van der Waals surface area contributed by atoms with E-state index in [2.05, 4.69) is 10.4 Å². The molecule has 18 heavy (non-hydrogen) atoms. The number of nitrogens with zero attached hydrogens (tertiary/aromatic N) is 2. The summed E-state index contributed by atoms with van der Waals surface area (Å²) in [6, 6.07) is 7.64. The van der Waals surface area contributed by atoms with Gasteiger partial charge in [-0.1, -0.05) is 23.2 Å². The molecule has 2 aromatic rings. The minimum absolute atomic E-state index is 0.127. The number of nitrogens with one attached hydrogen (secondary N) is 1. The predicted octanol–water partition coefficient (Wildman–Crippen LogP) is 3.23. The van der Waals surface area contributed by atoms with Crippen LogP contribution in [0.1, 0.15) is 17.3 Å². The van der Waals surface area contributed by atoms with Crippen LogP contribution >= 0.6 is 23.2 Å². The Hall–Kier alpha value is -1.03. The van der Waals surface area contributed by atoms with E-state index < -0.39 is 0 Å². The van der Waals surface area contributed by atoms with Gasteiger partial charge >= 0.3 is 0 Å². The van der Waals surface area contributed by atoms with Gasteiger partial charge < -0.3 is 5.32 Å². The van der Waals surface area contributed by atoms with Gasteiger partial charge in [-0.25, -0.2) is 0 Å². The minimum atomic E-state index is 0.127. The first kappa shape index (κ1) is 13.4. The molecular formula is C13H15Cl2N3. The second-order valence-electron chi connectivity index (χ2n) is 4.20. The Balaban J connectivity index is 2.22. The molecule has 0 radical (unpaired) electrons.